The molecule has 0 saturated carbocycles. The molecule has 0 spiro atoms. The van der Waals surface area contributed by atoms with E-state index in [1.54, 1.807) is 76.2 Å². The number of esters is 1. The first kappa shape index (κ1) is 23.3. The molecule has 0 aliphatic rings. The van der Waals surface area contributed by atoms with Crippen LogP contribution in [0.3, 0.4) is 0 Å². The number of nitrogens with zero attached hydrogens (tertiary/aromatic N) is 1. The van der Waals surface area contributed by atoms with Crippen LogP contribution in [0.2, 0.25) is 5.02 Å². The molecule has 0 aliphatic carbocycles. The highest BCUT2D eigenvalue weighted by Crippen LogP contribution is 2.23. The number of halogens is 1. The summed E-state index contributed by atoms with van der Waals surface area (Å²) in [6, 6.07) is 13.1. The first-order valence-corrected chi connectivity index (χ1v) is 9.63. The Morgan fingerprint density at radius 1 is 0.900 bits per heavy atom. The van der Waals surface area contributed by atoms with Crippen LogP contribution in [0.25, 0.3) is 0 Å². The average molecular weight is 434 g/mol. The van der Waals surface area contributed by atoms with Gasteiger partial charge in [-0.2, -0.15) is 0 Å². The Bertz CT molecular complexity index is 891. The van der Waals surface area contributed by atoms with Gasteiger partial charge in [-0.3, -0.25) is 4.79 Å². The van der Waals surface area contributed by atoms with Gasteiger partial charge in [-0.05, 0) is 62.4 Å². The van der Waals surface area contributed by atoms with Crippen molar-refractivity contribution in [1.29, 1.82) is 0 Å². The number of ketones is 1. The van der Waals surface area contributed by atoms with Crippen LogP contribution in [0.1, 0.15) is 43.6 Å². The molecule has 0 saturated heterocycles. The van der Waals surface area contributed by atoms with Gasteiger partial charge < -0.3 is 14.3 Å². The Labute approximate surface area is 180 Å². The van der Waals surface area contributed by atoms with Gasteiger partial charge in [-0.25, -0.2) is 4.79 Å². The van der Waals surface area contributed by atoms with Gasteiger partial charge in [0.25, 0.3) is 0 Å². The first-order valence-electron chi connectivity index (χ1n) is 9.25. The molecule has 160 valence electrons. The molecule has 0 aliphatic heterocycles. The molecule has 8 heteroatoms. The lowest BCUT2D eigenvalue weighted by atomic mass is 9.96. The third kappa shape index (κ3) is 6.56. The second-order valence-electron chi connectivity index (χ2n) is 8.06. The summed E-state index contributed by atoms with van der Waals surface area (Å²) in [7, 11) is 0. The van der Waals surface area contributed by atoms with Crippen LogP contribution in [0, 0.1) is 10.3 Å². The van der Waals surface area contributed by atoms with E-state index in [0.29, 0.717) is 21.9 Å². The van der Waals surface area contributed by atoms with Crippen LogP contribution in [-0.4, -0.2) is 30.6 Å². The zero-order chi connectivity index (χ0) is 22.4. The third-order valence-electron chi connectivity index (χ3n) is 4.19. The van der Waals surface area contributed by atoms with E-state index in [-0.39, 0.29) is 19.0 Å². The van der Waals surface area contributed by atoms with Crippen molar-refractivity contribution in [3.8, 4) is 5.75 Å². The minimum absolute atomic E-state index is 0.0220. The molecule has 0 radical (unpaired) electrons. The lowest BCUT2D eigenvalue weighted by Gasteiger charge is -2.27. The van der Waals surface area contributed by atoms with E-state index in [9.17, 15) is 14.5 Å². The van der Waals surface area contributed by atoms with Crippen LogP contribution in [-0.2, 0) is 14.4 Å². The predicted molar refractivity (Wildman–Crippen MR) is 113 cm³/mol. The van der Waals surface area contributed by atoms with E-state index < -0.39 is 17.0 Å². The summed E-state index contributed by atoms with van der Waals surface area (Å²) in [5.74, 6) is -0.306. The lowest BCUT2D eigenvalue weighted by molar-refractivity contribution is -0.163. The summed E-state index contributed by atoms with van der Waals surface area (Å²) in [6.07, 6.45) is 0. The Morgan fingerprint density at radius 2 is 1.43 bits per heavy atom. The second kappa shape index (κ2) is 9.71. The van der Waals surface area contributed by atoms with Crippen molar-refractivity contribution in [1.82, 2.24) is 0 Å². The lowest BCUT2D eigenvalue weighted by Crippen LogP contribution is -2.41. The van der Waals surface area contributed by atoms with Gasteiger partial charge in [0, 0.05) is 21.6 Å². The average Bonchev–Trinajstić information content (AvgIpc) is 2.71. The maximum atomic E-state index is 12.5. The van der Waals surface area contributed by atoms with Gasteiger partial charge in [0.2, 0.25) is 0 Å². The molecule has 0 bridgehead atoms. The highest BCUT2D eigenvalue weighted by Gasteiger charge is 2.34. The highest BCUT2D eigenvalue weighted by atomic mass is 35.5. The van der Waals surface area contributed by atoms with Crippen molar-refractivity contribution in [3.05, 3.63) is 69.6 Å². The van der Waals surface area contributed by atoms with E-state index in [1.165, 1.54) is 0 Å². The molecule has 0 fully saturated rings. The fraction of sp³-hybridized carbons (Fsp3) is 0.364. The van der Waals surface area contributed by atoms with Crippen molar-refractivity contribution in [2.24, 2.45) is 10.8 Å². The molecule has 7 nitrogen and oxygen atoms in total. The Balaban J connectivity index is 1.99. The van der Waals surface area contributed by atoms with E-state index >= 15 is 0 Å². The molecule has 0 amide bonds. The highest BCUT2D eigenvalue weighted by molar-refractivity contribution is 6.30. The standard InChI is InChI=1S/C22H24ClNO6/c1-21(2,14-29-24-27)13-28-20(26)22(3,4)30-18-11-7-16(8-12-18)19(25)15-5-9-17(23)10-6-15/h5-12H,13-14H2,1-4H3. The third-order valence-corrected chi connectivity index (χ3v) is 4.44. The minimum atomic E-state index is -1.26. The largest absolute Gasteiger partial charge is 0.476 e. The number of rotatable bonds is 10. The zero-order valence-corrected chi connectivity index (χ0v) is 18.1. The molecule has 2 rings (SSSR count). The number of hydrogen-bond donors (Lipinski definition) is 0. The molecule has 2 aromatic rings. The second-order valence-corrected chi connectivity index (χ2v) is 8.50. The van der Waals surface area contributed by atoms with E-state index in [4.69, 9.17) is 21.1 Å². The van der Waals surface area contributed by atoms with Gasteiger partial charge in [0.15, 0.2) is 16.7 Å². The Kier molecular flexibility index (Phi) is 7.56. The van der Waals surface area contributed by atoms with Gasteiger partial charge in [-0.15, -0.1) is 4.91 Å². The molecular weight excluding hydrogens is 410 g/mol. The van der Waals surface area contributed by atoms with Crippen molar-refractivity contribution in [2.45, 2.75) is 33.3 Å². The summed E-state index contributed by atoms with van der Waals surface area (Å²) in [5.41, 5.74) is -0.839. The smallest absolute Gasteiger partial charge is 0.349 e. The summed E-state index contributed by atoms with van der Waals surface area (Å²) in [5, 5.41) is 2.91. The van der Waals surface area contributed by atoms with Crippen LogP contribution in [0.15, 0.2) is 53.9 Å². The molecule has 0 N–H and O–H groups in total. The molecule has 0 aromatic heterocycles. The summed E-state index contributed by atoms with van der Waals surface area (Å²) in [6.45, 7) is 6.76. The predicted octanol–water partition coefficient (Wildman–Crippen LogP) is 5.00. The number of carbonyl (C=O) groups is 2. The maximum Gasteiger partial charge on any atom is 0.349 e. The molecule has 2 aromatic carbocycles. The van der Waals surface area contributed by atoms with Crippen LogP contribution in [0.5, 0.6) is 5.75 Å². The fourth-order valence-electron chi connectivity index (χ4n) is 2.46. The van der Waals surface area contributed by atoms with E-state index in [1.807, 2.05) is 0 Å². The number of hydrogen-bond acceptors (Lipinski definition) is 7. The summed E-state index contributed by atoms with van der Waals surface area (Å²) in [4.78, 5) is 39.5. The van der Waals surface area contributed by atoms with Crippen molar-refractivity contribution in [3.63, 3.8) is 0 Å². The number of benzene rings is 2. The molecule has 0 heterocycles. The maximum absolute atomic E-state index is 12.5. The summed E-state index contributed by atoms with van der Waals surface area (Å²) >= 11 is 5.85. The summed E-state index contributed by atoms with van der Waals surface area (Å²) < 4.78 is 11.1. The van der Waals surface area contributed by atoms with Gasteiger partial charge in [0.05, 0.1) is 6.61 Å². The van der Waals surface area contributed by atoms with Crippen molar-refractivity contribution >= 4 is 23.4 Å². The number of ether oxygens (including phenoxy) is 2. The van der Waals surface area contributed by atoms with Crippen molar-refractivity contribution in [2.75, 3.05) is 13.2 Å². The van der Waals surface area contributed by atoms with Crippen LogP contribution in [0.4, 0.5) is 0 Å². The quantitative estimate of drug-likeness (QED) is 0.227. The van der Waals surface area contributed by atoms with Crippen molar-refractivity contribution < 1.29 is 23.9 Å². The van der Waals surface area contributed by atoms with Gasteiger partial charge >= 0.3 is 5.97 Å². The number of carbonyl (C=O) groups excluding carboxylic acids is 2. The minimum Gasteiger partial charge on any atom is -0.476 e. The Morgan fingerprint density at radius 3 is 1.97 bits per heavy atom. The normalized spacial score (nSPS) is 11.5. The van der Waals surface area contributed by atoms with E-state index in [2.05, 4.69) is 10.2 Å². The zero-order valence-electron chi connectivity index (χ0n) is 17.3. The Hall–Kier alpha value is -2.93. The molecule has 30 heavy (non-hydrogen) atoms. The molecule has 0 unspecified atom stereocenters. The van der Waals surface area contributed by atoms with Crippen LogP contribution < -0.4 is 4.74 Å². The molecular formula is C22H24ClNO6. The fourth-order valence-corrected chi connectivity index (χ4v) is 2.58. The van der Waals surface area contributed by atoms with Gasteiger partial charge in [-0.1, -0.05) is 25.4 Å². The van der Waals surface area contributed by atoms with Gasteiger partial charge in [0.1, 0.15) is 12.4 Å². The SMILES string of the molecule is CC(C)(CON=O)COC(=O)C(C)(C)Oc1ccc(C(=O)c2ccc(Cl)cc2)cc1. The monoisotopic (exact) mass is 433 g/mol. The van der Waals surface area contributed by atoms with Crippen LogP contribution >= 0.6 is 11.6 Å². The first-order chi connectivity index (χ1) is 14.0. The topological polar surface area (TPSA) is 91.3 Å². The van der Waals surface area contributed by atoms with E-state index in [0.717, 1.165) is 0 Å². The molecule has 0 atom stereocenters.